The van der Waals surface area contributed by atoms with Crippen molar-refractivity contribution in [3.8, 4) is 0 Å². The second-order valence-electron chi connectivity index (χ2n) is 0.871. The molecule has 0 radical (unpaired) electrons. The number of nitrogens with one attached hydrogen (secondary N) is 1. The molecule has 0 amide bonds. The number of nitrogens with zero attached hydrogens (tertiary/aromatic N) is 1. The van der Waals surface area contributed by atoms with E-state index in [1.54, 1.807) is 0 Å². The average Bonchev–Trinajstić information content (AvgIpc) is 1.65. The highest BCUT2D eigenvalue weighted by Gasteiger charge is 1.97. The number of rotatable bonds is 2. The average molecular weight is 118 g/mol. The highest BCUT2D eigenvalue weighted by molar-refractivity contribution is 7.71. The van der Waals surface area contributed by atoms with Gasteiger partial charge >= 0.3 is 0 Å². The van der Waals surface area contributed by atoms with Gasteiger partial charge in [-0.05, 0) is 6.72 Å². The van der Waals surface area contributed by atoms with Gasteiger partial charge in [0.05, 0.1) is 0 Å². The van der Waals surface area contributed by atoms with Gasteiger partial charge in [-0.2, -0.15) is 0 Å². The maximum Gasteiger partial charge on any atom is 0.153 e. The molecule has 0 aliphatic heterocycles. The normalized spacial score (nSPS) is 12.7. The molecule has 5 N–H and O–H groups in total. The maximum absolute atomic E-state index is 6.65. The summed E-state index contributed by atoms with van der Waals surface area (Å²) in [4.78, 5) is 0. The summed E-state index contributed by atoms with van der Waals surface area (Å²) in [6.45, 7) is 3.11. The van der Waals surface area contributed by atoms with Crippen molar-refractivity contribution in [2.45, 2.75) is 0 Å². The van der Waals surface area contributed by atoms with Gasteiger partial charge in [0.25, 0.3) is 0 Å². The summed E-state index contributed by atoms with van der Waals surface area (Å²) in [6, 6.07) is 0. The molecule has 0 bridgehead atoms. The smallest absolute Gasteiger partial charge is 0.153 e. The van der Waals surface area contributed by atoms with Crippen LogP contribution in [-0.2, 0) is 0 Å². The van der Waals surface area contributed by atoms with E-state index in [0.717, 1.165) is 0 Å². The quantitative estimate of drug-likeness (QED) is 0.267. The molecule has 0 aromatic carbocycles. The van der Waals surface area contributed by atoms with E-state index < -0.39 is 8.22 Å². The lowest BCUT2D eigenvalue weighted by Gasteiger charge is -1.97. The minimum absolute atomic E-state index is 0.0926. The third-order valence-electron chi connectivity index (χ3n) is 0.399. The molecule has 7 heavy (non-hydrogen) atoms. The molecule has 0 aliphatic rings. The lowest BCUT2D eigenvalue weighted by molar-refractivity contribution is 1.49. The standard InChI is InChI=1S/C2H7N4P/c1-6-7(5)2(3)4/h1,5H2,(H3,3,4). The van der Waals surface area contributed by atoms with Crippen LogP contribution in [0.5, 0.6) is 0 Å². The van der Waals surface area contributed by atoms with Gasteiger partial charge in [-0.25, -0.2) is 0 Å². The lowest BCUT2D eigenvalue weighted by Crippen LogP contribution is -2.09. The van der Waals surface area contributed by atoms with Crippen LogP contribution in [0, 0.1) is 5.41 Å². The third-order valence-corrected chi connectivity index (χ3v) is 1.20. The zero-order chi connectivity index (χ0) is 5.86. The minimum Gasteiger partial charge on any atom is -0.381 e. The van der Waals surface area contributed by atoms with Crippen LogP contribution in [0.15, 0.2) is 4.76 Å². The van der Waals surface area contributed by atoms with E-state index in [4.69, 9.17) is 16.6 Å². The molecule has 40 valence electrons. The van der Waals surface area contributed by atoms with E-state index in [1.807, 2.05) is 0 Å². The van der Waals surface area contributed by atoms with Crippen molar-refractivity contribution in [2.75, 3.05) is 0 Å². The Kier molecular flexibility index (Phi) is 2.48. The summed E-state index contributed by atoms with van der Waals surface area (Å²) < 4.78 is 3.33. The van der Waals surface area contributed by atoms with Crippen LogP contribution in [0.25, 0.3) is 0 Å². The van der Waals surface area contributed by atoms with Crippen LogP contribution < -0.4 is 11.2 Å². The van der Waals surface area contributed by atoms with Gasteiger partial charge in [0, 0.05) is 0 Å². The Balaban J connectivity index is 3.55. The first-order valence-corrected chi connectivity index (χ1v) is 2.90. The van der Waals surface area contributed by atoms with Gasteiger partial charge in [-0.15, -0.1) is 0 Å². The van der Waals surface area contributed by atoms with E-state index in [2.05, 4.69) is 11.5 Å². The van der Waals surface area contributed by atoms with Gasteiger partial charge in [-0.3, -0.25) is 15.7 Å². The fourth-order valence-electron chi connectivity index (χ4n) is 0.0762. The summed E-state index contributed by atoms with van der Waals surface area (Å²) in [5, 5.41) is 6.65. The molecule has 4 nitrogen and oxygen atoms in total. The number of hydrogen-bond acceptors (Lipinski definition) is 3. The van der Waals surface area contributed by atoms with Gasteiger partial charge in [0.1, 0.15) is 0 Å². The highest BCUT2D eigenvalue weighted by atomic mass is 31.1. The van der Waals surface area contributed by atoms with E-state index in [-0.39, 0.29) is 5.58 Å². The molecule has 1 unspecified atom stereocenters. The molecular weight excluding hydrogens is 111 g/mol. The van der Waals surface area contributed by atoms with Crippen molar-refractivity contribution in [1.82, 2.24) is 0 Å². The van der Waals surface area contributed by atoms with Crippen molar-refractivity contribution in [3.63, 3.8) is 0 Å². The molecule has 0 aliphatic carbocycles. The fraction of sp³-hybridized carbons (Fsp3) is 0. The zero-order valence-electron chi connectivity index (χ0n) is 3.76. The predicted octanol–water partition coefficient (Wildman–Crippen LogP) is -0.149. The molecule has 0 aromatic rings. The van der Waals surface area contributed by atoms with Crippen LogP contribution >= 0.6 is 8.22 Å². The Morgan fingerprint density at radius 1 is 1.86 bits per heavy atom. The first-order valence-electron chi connectivity index (χ1n) is 1.54. The lowest BCUT2D eigenvalue weighted by atomic mass is 11.4. The molecule has 0 fully saturated rings. The number of hydrogen-bond donors (Lipinski definition) is 3. The largest absolute Gasteiger partial charge is 0.381 e. The van der Waals surface area contributed by atoms with Crippen molar-refractivity contribution in [1.29, 1.82) is 5.41 Å². The zero-order valence-corrected chi connectivity index (χ0v) is 4.65. The number of nitrogens with two attached hydrogens (primary N) is 2. The summed E-state index contributed by atoms with van der Waals surface area (Å²) >= 11 is 0. The van der Waals surface area contributed by atoms with Crippen molar-refractivity contribution in [2.24, 2.45) is 16.0 Å². The van der Waals surface area contributed by atoms with Crippen LogP contribution in [-0.4, -0.2) is 12.3 Å². The molecule has 0 rings (SSSR count). The summed E-state index contributed by atoms with van der Waals surface area (Å²) in [6.07, 6.45) is 0. The first-order chi connectivity index (χ1) is 3.18. The molecule has 0 saturated heterocycles. The van der Waals surface area contributed by atoms with E-state index in [1.165, 1.54) is 0 Å². The fourth-order valence-corrected chi connectivity index (χ4v) is 0.229. The van der Waals surface area contributed by atoms with Gasteiger partial charge in [0.2, 0.25) is 0 Å². The minimum atomic E-state index is -1.26. The molecule has 0 spiro atoms. The van der Waals surface area contributed by atoms with Crippen LogP contribution in [0.1, 0.15) is 0 Å². The molecule has 1 atom stereocenters. The second-order valence-corrected chi connectivity index (χ2v) is 2.33. The summed E-state index contributed by atoms with van der Waals surface area (Å²) in [5.41, 5.74) is 9.91. The molecule has 5 heteroatoms. The monoisotopic (exact) mass is 118 g/mol. The predicted molar refractivity (Wildman–Crippen MR) is 32.6 cm³/mol. The summed E-state index contributed by atoms with van der Waals surface area (Å²) in [7, 11) is -1.26. The van der Waals surface area contributed by atoms with E-state index in [0.29, 0.717) is 0 Å². The molecule has 0 aromatic heterocycles. The Hall–Kier alpha value is -0.470. The van der Waals surface area contributed by atoms with Gasteiger partial charge in [-0.1, -0.05) is 0 Å². The molecule has 0 heterocycles. The van der Waals surface area contributed by atoms with Gasteiger partial charge < -0.3 is 5.73 Å². The molecule has 0 saturated carbocycles. The number of amidine groups is 1. The third kappa shape index (κ3) is 2.25. The second kappa shape index (κ2) is 2.66. The van der Waals surface area contributed by atoms with Crippen molar-refractivity contribution in [3.05, 3.63) is 0 Å². The SMILES string of the molecule is C=NP(N)C(=N)N. The Labute approximate surface area is 43.0 Å². The summed E-state index contributed by atoms with van der Waals surface area (Å²) in [5.74, 6) is 0. The van der Waals surface area contributed by atoms with E-state index >= 15 is 0 Å². The van der Waals surface area contributed by atoms with Crippen LogP contribution in [0.4, 0.5) is 0 Å². The Morgan fingerprint density at radius 2 is 2.29 bits per heavy atom. The molecular formula is C2H7N4P. The maximum atomic E-state index is 6.65. The first kappa shape index (κ1) is 6.53. The topological polar surface area (TPSA) is 88.2 Å². The highest BCUT2D eigenvalue weighted by Crippen LogP contribution is 2.23. The van der Waals surface area contributed by atoms with Crippen LogP contribution in [0.2, 0.25) is 0 Å². The Bertz CT molecular complexity index is 89.7. The van der Waals surface area contributed by atoms with Gasteiger partial charge in [0.15, 0.2) is 13.8 Å². The Morgan fingerprint density at radius 3 is 2.29 bits per heavy atom. The van der Waals surface area contributed by atoms with Crippen LogP contribution in [0.3, 0.4) is 0 Å². The van der Waals surface area contributed by atoms with Crippen molar-refractivity contribution < 1.29 is 0 Å². The van der Waals surface area contributed by atoms with E-state index in [9.17, 15) is 0 Å². The van der Waals surface area contributed by atoms with Crippen molar-refractivity contribution >= 4 is 20.5 Å².